The number of H-pyrrole nitrogens is 1. The van der Waals surface area contributed by atoms with Crippen LogP contribution in [0.5, 0.6) is 0 Å². The number of hydrogen-bond donors (Lipinski definition) is 1. The lowest BCUT2D eigenvalue weighted by molar-refractivity contribution is 0.0677. The van der Waals surface area contributed by atoms with Gasteiger partial charge >= 0.3 is 0 Å². The minimum atomic E-state index is -0.604. The van der Waals surface area contributed by atoms with Crippen LogP contribution in [0.4, 0.5) is 4.39 Å². The van der Waals surface area contributed by atoms with E-state index in [1.807, 2.05) is 23.6 Å². The highest BCUT2D eigenvalue weighted by molar-refractivity contribution is 5.95. The molecule has 184 valence electrons. The highest BCUT2D eigenvalue weighted by Crippen LogP contribution is 2.28. The van der Waals surface area contributed by atoms with Crippen LogP contribution in [0.3, 0.4) is 0 Å². The summed E-state index contributed by atoms with van der Waals surface area (Å²) < 4.78 is 16.8. The van der Waals surface area contributed by atoms with Crippen molar-refractivity contribution >= 4 is 16.7 Å². The molecule has 2 aromatic carbocycles. The van der Waals surface area contributed by atoms with Crippen molar-refractivity contribution in [2.45, 2.75) is 25.9 Å². The Morgan fingerprint density at radius 1 is 1.14 bits per heavy atom. The number of halogens is 1. The number of hydrogen-bond acceptors (Lipinski definition) is 7. The molecule has 11 heteroatoms. The zero-order valence-corrected chi connectivity index (χ0v) is 19.8. The van der Waals surface area contributed by atoms with Gasteiger partial charge in [0.2, 0.25) is 0 Å². The third-order valence-electron chi connectivity index (χ3n) is 6.51. The molecule has 0 spiro atoms. The second kappa shape index (κ2) is 9.01. The van der Waals surface area contributed by atoms with Crippen molar-refractivity contribution in [3.05, 3.63) is 99.9 Å². The van der Waals surface area contributed by atoms with E-state index in [0.29, 0.717) is 52.3 Å². The Kier molecular flexibility index (Phi) is 5.52. The van der Waals surface area contributed by atoms with Crippen LogP contribution < -0.4 is 5.56 Å². The van der Waals surface area contributed by atoms with Crippen molar-refractivity contribution in [1.82, 2.24) is 39.8 Å². The molecule has 37 heavy (non-hydrogen) atoms. The smallest absolute Gasteiger partial charge is 0.272 e. The summed E-state index contributed by atoms with van der Waals surface area (Å²) in [6.45, 7) is 2.49. The predicted molar refractivity (Wildman–Crippen MR) is 132 cm³/mol. The van der Waals surface area contributed by atoms with Crippen LogP contribution in [0, 0.1) is 5.82 Å². The molecule has 0 fully saturated rings. The van der Waals surface area contributed by atoms with Gasteiger partial charge in [-0.1, -0.05) is 24.3 Å². The summed E-state index contributed by atoms with van der Waals surface area (Å²) in [4.78, 5) is 35.5. The van der Waals surface area contributed by atoms with Crippen molar-refractivity contribution < 1.29 is 9.18 Å². The van der Waals surface area contributed by atoms with Crippen LogP contribution in [0.25, 0.3) is 22.3 Å². The monoisotopic (exact) mass is 496 g/mol. The number of carbonyl (C=O) groups is 1. The third kappa shape index (κ3) is 4.03. The zero-order chi connectivity index (χ0) is 25.5. The Bertz CT molecular complexity index is 1700. The SMILES string of the molecule is CC1CN(C(=O)c2cc(Cc3n[nH]c(=O)c4ccccc34)ccc2F)Cc2nnc(-c3cnccn3)n21. The van der Waals surface area contributed by atoms with Crippen LogP contribution in [-0.2, 0) is 13.0 Å². The molecule has 1 unspecified atom stereocenters. The average molecular weight is 497 g/mol. The molecule has 3 aromatic heterocycles. The Morgan fingerprint density at radius 3 is 2.78 bits per heavy atom. The molecule has 1 N–H and O–H groups in total. The number of aromatic amines is 1. The van der Waals surface area contributed by atoms with E-state index in [9.17, 15) is 14.0 Å². The predicted octanol–water partition coefficient (Wildman–Crippen LogP) is 2.92. The largest absolute Gasteiger partial charge is 0.329 e. The summed E-state index contributed by atoms with van der Waals surface area (Å²) in [5.41, 5.74) is 1.63. The second-order valence-corrected chi connectivity index (χ2v) is 8.97. The fourth-order valence-corrected chi connectivity index (χ4v) is 4.79. The van der Waals surface area contributed by atoms with Gasteiger partial charge in [0.25, 0.3) is 11.5 Å². The van der Waals surface area contributed by atoms with Crippen LogP contribution in [-0.4, -0.2) is 52.3 Å². The molecule has 0 saturated carbocycles. The highest BCUT2D eigenvalue weighted by Gasteiger charge is 2.31. The summed E-state index contributed by atoms with van der Waals surface area (Å²) in [6.07, 6.45) is 5.10. The molecular formula is C26H21FN8O2. The van der Waals surface area contributed by atoms with Gasteiger partial charge in [-0.2, -0.15) is 5.10 Å². The van der Waals surface area contributed by atoms with E-state index in [4.69, 9.17) is 0 Å². The zero-order valence-electron chi connectivity index (χ0n) is 19.8. The summed E-state index contributed by atoms with van der Waals surface area (Å²) in [6, 6.07) is 11.5. The molecule has 10 nitrogen and oxygen atoms in total. The standard InChI is InChI=1S/C26H21FN8O2/c1-15-13-34(14-23-31-32-24(35(15)23)22-12-28-8-9-29-22)26(37)19-10-16(6-7-20(19)27)11-21-17-4-2-3-5-18(17)25(36)33-30-21/h2-10,12,15H,11,13-14H2,1H3,(H,33,36). The van der Waals surface area contributed by atoms with Gasteiger partial charge in [-0.15, -0.1) is 10.2 Å². The van der Waals surface area contributed by atoms with Gasteiger partial charge < -0.3 is 9.47 Å². The highest BCUT2D eigenvalue weighted by atomic mass is 19.1. The molecule has 0 saturated heterocycles. The Balaban J connectivity index is 1.28. The van der Waals surface area contributed by atoms with Crippen LogP contribution in [0.15, 0.2) is 65.8 Å². The van der Waals surface area contributed by atoms with E-state index < -0.39 is 11.7 Å². The fraction of sp³-hybridized carbons (Fsp3) is 0.192. The summed E-state index contributed by atoms with van der Waals surface area (Å²) in [5, 5.41) is 16.5. The van der Waals surface area contributed by atoms with Crippen molar-refractivity contribution in [2.24, 2.45) is 0 Å². The van der Waals surface area contributed by atoms with E-state index in [1.54, 1.807) is 47.8 Å². The fourth-order valence-electron chi connectivity index (χ4n) is 4.79. The van der Waals surface area contributed by atoms with Gasteiger partial charge in [-0.25, -0.2) is 14.5 Å². The van der Waals surface area contributed by atoms with Crippen LogP contribution in [0.2, 0.25) is 0 Å². The number of benzene rings is 2. The Labute approximate surface area is 209 Å². The minimum Gasteiger partial charge on any atom is -0.329 e. The number of amides is 1. The molecule has 1 aliphatic rings. The summed E-state index contributed by atoms with van der Waals surface area (Å²) >= 11 is 0. The molecular weight excluding hydrogens is 475 g/mol. The van der Waals surface area contributed by atoms with E-state index in [0.717, 1.165) is 0 Å². The summed E-state index contributed by atoms with van der Waals surface area (Å²) in [5.74, 6) is 0.137. The van der Waals surface area contributed by atoms with E-state index >= 15 is 0 Å². The first-order valence-corrected chi connectivity index (χ1v) is 11.7. The van der Waals surface area contributed by atoms with Crippen molar-refractivity contribution in [1.29, 1.82) is 0 Å². The number of nitrogens with zero attached hydrogens (tertiary/aromatic N) is 7. The topological polar surface area (TPSA) is 123 Å². The first-order chi connectivity index (χ1) is 18.0. The lowest BCUT2D eigenvalue weighted by Gasteiger charge is -2.32. The molecule has 1 amide bonds. The van der Waals surface area contributed by atoms with E-state index in [-0.39, 0.29) is 23.7 Å². The lowest BCUT2D eigenvalue weighted by atomic mass is 10.0. The van der Waals surface area contributed by atoms with Gasteiger partial charge in [-0.05, 0) is 30.7 Å². The number of fused-ring (bicyclic) bond motifs is 2. The van der Waals surface area contributed by atoms with Gasteiger partial charge in [0, 0.05) is 30.7 Å². The quantitative estimate of drug-likeness (QED) is 0.406. The first-order valence-electron chi connectivity index (χ1n) is 11.7. The molecule has 5 aromatic rings. The Morgan fingerprint density at radius 2 is 1.97 bits per heavy atom. The van der Waals surface area contributed by atoms with Crippen molar-refractivity contribution in [2.75, 3.05) is 6.54 Å². The molecule has 0 radical (unpaired) electrons. The second-order valence-electron chi connectivity index (χ2n) is 8.97. The van der Waals surface area contributed by atoms with E-state index in [1.165, 1.54) is 6.07 Å². The van der Waals surface area contributed by atoms with Gasteiger partial charge in [0.05, 0.1) is 35.4 Å². The molecule has 0 aliphatic carbocycles. The van der Waals surface area contributed by atoms with Crippen molar-refractivity contribution in [3.8, 4) is 11.5 Å². The first kappa shape index (κ1) is 22.7. The lowest BCUT2D eigenvalue weighted by Crippen LogP contribution is -2.41. The molecule has 0 bridgehead atoms. The third-order valence-corrected chi connectivity index (χ3v) is 6.51. The normalized spacial score (nSPS) is 15.1. The van der Waals surface area contributed by atoms with Gasteiger partial charge in [0.1, 0.15) is 11.5 Å². The van der Waals surface area contributed by atoms with Crippen LogP contribution >= 0.6 is 0 Å². The molecule has 4 heterocycles. The maximum atomic E-state index is 14.9. The van der Waals surface area contributed by atoms with E-state index in [2.05, 4.69) is 30.4 Å². The molecule has 1 atom stereocenters. The number of rotatable bonds is 4. The Hall–Kier alpha value is -4.80. The number of nitrogens with one attached hydrogen (secondary N) is 1. The number of carbonyl (C=O) groups excluding carboxylic acids is 1. The van der Waals surface area contributed by atoms with Gasteiger partial charge in [-0.3, -0.25) is 14.6 Å². The molecule has 6 rings (SSSR count). The van der Waals surface area contributed by atoms with Crippen molar-refractivity contribution in [3.63, 3.8) is 0 Å². The number of aromatic nitrogens is 7. The average Bonchev–Trinajstić information content (AvgIpc) is 3.36. The summed E-state index contributed by atoms with van der Waals surface area (Å²) in [7, 11) is 0. The maximum Gasteiger partial charge on any atom is 0.272 e. The maximum absolute atomic E-state index is 14.9. The van der Waals surface area contributed by atoms with Crippen LogP contribution in [0.1, 0.15) is 40.4 Å². The molecule has 1 aliphatic heterocycles. The minimum absolute atomic E-state index is 0.0273. The van der Waals surface area contributed by atoms with Gasteiger partial charge in [0.15, 0.2) is 11.6 Å².